The third-order valence-electron chi connectivity index (χ3n) is 3.44. The van der Waals surface area contributed by atoms with Gasteiger partial charge in [0, 0.05) is 25.3 Å². The fraction of sp³-hybridized carbons (Fsp3) is 0.235. The summed E-state index contributed by atoms with van der Waals surface area (Å²) in [6.45, 7) is 0. The highest BCUT2D eigenvalue weighted by molar-refractivity contribution is 7.89. The number of benzene rings is 2. The number of carbonyl (C=O) groups is 1. The molecular formula is C17H20N2O4S. The molecule has 6 nitrogen and oxygen atoms in total. The summed E-state index contributed by atoms with van der Waals surface area (Å²) in [4.78, 5) is 12.3. The number of amides is 1. The van der Waals surface area contributed by atoms with Crippen LogP contribution >= 0.6 is 0 Å². The van der Waals surface area contributed by atoms with Crippen molar-refractivity contribution in [3.8, 4) is 5.75 Å². The summed E-state index contributed by atoms with van der Waals surface area (Å²) in [7, 11) is 0.926. The zero-order chi connectivity index (χ0) is 17.7. The van der Waals surface area contributed by atoms with Gasteiger partial charge in [-0.05, 0) is 24.3 Å². The molecule has 2 aromatic carbocycles. The van der Waals surface area contributed by atoms with Crippen LogP contribution < -0.4 is 10.1 Å². The van der Waals surface area contributed by atoms with Crippen LogP contribution in [0.2, 0.25) is 0 Å². The maximum atomic E-state index is 12.2. The Bertz CT molecular complexity index is 832. The molecule has 0 radical (unpaired) electrons. The maximum Gasteiger partial charge on any atom is 0.242 e. The van der Waals surface area contributed by atoms with Gasteiger partial charge in [-0.15, -0.1) is 0 Å². The van der Waals surface area contributed by atoms with E-state index >= 15 is 0 Å². The summed E-state index contributed by atoms with van der Waals surface area (Å²) in [5.74, 6) is 0.385. The zero-order valence-corrected chi connectivity index (χ0v) is 14.6. The normalized spacial score (nSPS) is 11.3. The summed E-state index contributed by atoms with van der Waals surface area (Å²) in [6.07, 6.45) is 0.134. The molecule has 2 rings (SSSR count). The van der Waals surface area contributed by atoms with Gasteiger partial charge in [0.05, 0.1) is 18.4 Å². The van der Waals surface area contributed by atoms with Crippen molar-refractivity contribution < 1.29 is 17.9 Å². The molecule has 0 atom stereocenters. The number of rotatable bonds is 6. The average molecular weight is 348 g/mol. The van der Waals surface area contributed by atoms with Crippen molar-refractivity contribution in [3.63, 3.8) is 0 Å². The van der Waals surface area contributed by atoms with E-state index in [-0.39, 0.29) is 17.2 Å². The molecule has 0 saturated heterocycles. The summed E-state index contributed by atoms with van der Waals surface area (Å²) in [6, 6.07) is 13.4. The molecule has 0 spiro atoms. The van der Waals surface area contributed by atoms with E-state index < -0.39 is 10.0 Å². The van der Waals surface area contributed by atoms with E-state index in [9.17, 15) is 13.2 Å². The van der Waals surface area contributed by atoms with E-state index in [4.69, 9.17) is 4.74 Å². The number of ether oxygens (including phenoxy) is 1. The van der Waals surface area contributed by atoms with Gasteiger partial charge < -0.3 is 10.1 Å². The third kappa shape index (κ3) is 4.12. The number of nitrogens with zero attached hydrogens (tertiary/aromatic N) is 1. The van der Waals surface area contributed by atoms with Crippen LogP contribution in [0.15, 0.2) is 53.4 Å². The molecule has 2 aromatic rings. The largest absolute Gasteiger partial charge is 0.496 e. The number of hydrogen-bond acceptors (Lipinski definition) is 4. The molecule has 0 heterocycles. The first-order valence-corrected chi connectivity index (χ1v) is 8.73. The van der Waals surface area contributed by atoms with E-state index in [1.54, 1.807) is 25.3 Å². The van der Waals surface area contributed by atoms with Gasteiger partial charge in [-0.3, -0.25) is 4.79 Å². The number of para-hydroxylation sites is 1. The molecule has 0 aliphatic rings. The van der Waals surface area contributed by atoms with Crippen LogP contribution in [-0.4, -0.2) is 39.8 Å². The Hall–Kier alpha value is -2.38. The molecule has 128 valence electrons. The number of carbonyl (C=O) groups excluding carboxylic acids is 1. The second-order valence-corrected chi connectivity index (χ2v) is 7.50. The van der Waals surface area contributed by atoms with Crippen molar-refractivity contribution in [2.24, 2.45) is 0 Å². The van der Waals surface area contributed by atoms with Gasteiger partial charge in [0.15, 0.2) is 0 Å². The molecule has 0 unspecified atom stereocenters. The highest BCUT2D eigenvalue weighted by Gasteiger charge is 2.17. The van der Waals surface area contributed by atoms with Crippen molar-refractivity contribution in [1.82, 2.24) is 4.31 Å². The van der Waals surface area contributed by atoms with Crippen molar-refractivity contribution in [1.29, 1.82) is 0 Å². The number of hydrogen-bond donors (Lipinski definition) is 1. The van der Waals surface area contributed by atoms with Crippen LogP contribution in [0.1, 0.15) is 5.56 Å². The fourth-order valence-corrected chi connectivity index (χ4v) is 3.12. The van der Waals surface area contributed by atoms with Gasteiger partial charge >= 0.3 is 0 Å². The molecule has 1 N–H and O–H groups in total. The summed E-state index contributed by atoms with van der Waals surface area (Å²) in [5.41, 5.74) is 1.19. The lowest BCUT2D eigenvalue weighted by atomic mass is 10.1. The molecule has 24 heavy (non-hydrogen) atoms. The lowest BCUT2D eigenvalue weighted by molar-refractivity contribution is -0.115. The zero-order valence-electron chi connectivity index (χ0n) is 13.8. The van der Waals surface area contributed by atoms with E-state index in [2.05, 4.69) is 5.32 Å². The topological polar surface area (TPSA) is 75.7 Å². The Morgan fingerprint density at radius 3 is 2.50 bits per heavy atom. The number of sulfonamides is 1. The summed E-state index contributed by atoms with van der Waals surface area (Å²) < 4.78 is 30.6. The van der Waals surface area contributed by atoms with Gasteiger partial charge in [-0.1, -0.05) is 24.3 Å². The van der Waals surface area contributed by atoms with E-state index in [0.29, 0.717) is 11.4 Å². The smallest absolute Gasteiger partial charge is 0.242 e. The summed E-state index contributed by atoms with van der Waals surface area (Å²) >= 11 is 0. The molecular weight excluding hydrogens is 328 g/mol. The number of methoxy groups -OCH3 is 1. The minimum Gasteiger partial charge on any atom is -0.496 e. The van der Waals surface area contributed by atoms with Crippen molar-refractivity contribution in [3.05, 3.63) is 54.1 Å². The Morgan fingerprint density at radius 2 is 1.83 bits per heavy atom. The second kappa shape index (κ2) is 7.46. The molecule has 0 bridgehead atoms. The van der Waals surface area contributed by atoms with Gasteiger partial charge in [0.25, 0.3) is 0 Å². The monoisotopic (exact) mass is 348 g/mol. The molecule has 0 saturated carbocycles. The van der Waals surface area contributed by atoms with Gasteiger partial charge in [0.1, 0.15) is 5.75 Å². The minimum absolute atomic E-state index is 0.127. The minimum atomic E-state index is -3.54. The first-order chi connectivity index (χ1) is 11.3. The summed E-state index contributed by atoms with van der Waals surface area (Å²) in [5, 5.41) is 2.72. The fourth-order valence-electron chi connectivity index (χ4n) is 2.17. The van der Waals surface area contributed by atoms with Gasteiger partial charge in [0.2, 0.25) is 15.9 Å². The predicted molar refractivity (Wildman–Crippen MR) is 92.6 cm³/mol. The van der Waals surface area contributed by atoms with E-state index in [0.717, 1.165) is 9.87 Å². The van der Waals surface area contributed by atoms with Crippen LogP contribution in [0.5, 0.6) is 5.75 Å². The van der Waals surface area contributed by atoms with Crippen LogP contribution in [0.4, 0.5) is 5.69 Å². The highest BCUT2D eigenvalue weighted by atomic mass is 32.2. The first-order valence-electron chi connectivity index (χ1n) is 7.29. The molecule has 0 aromatic heterocycles. The van der Waals surface area contributed by atoms with Crippen LogP contribution in [0, 0.1) is 0 Å². The predicted octanol–water partition coefficient (Wildman–Crippen LogP) is 2.13. The quantitative estimate of drug-likeness (QED) is 0.868. The van der Waals surface area contributed by atoms with E-state index in [1.807, 2.05) is 18.2 Å². The maximum absolute atomic E-state index is 12.2. The standard InChI is InChI=1S/C17H20N2O4S/c1-19(2)24(21,22)15-9-6-8-14(12-15)18-17(20)11-13-7-4-5-10-16(13)23-3/h4-10,12H,11H2,1-3H3,(H,18,20). The van der Waals surface area contributed by atoms with Crippen molar-refractivity contribution in [2.45, 2.75) is 11.3 Å². The Labute approximate surface area is 142 Å². The second-order valence-electron chi connectivity index (χ2n) is 5.35. The van der Waals surface area contributed by atoms with Crippen LogP contribution in [0.3, 0.4) is 0 Å². The van der Waals surface area contributed by atoms with E-state index in [1.165, 1.54) is 26.2 Å². The van der Waals surface area contributed by atoms with Gasteiger partial charge in [-0.25, -0.2) is 12.7 Å². The van der Waals surface area contributed by atoms with Crippen molar-refractivity contribution >= 4 is 21.6 Å². The molecule has 1 amide bonds. The lowest BCUT2D eigenvalue weighted by Crippen LogP contribution is -2.22. The highest BCUT2D eigenvalue weighted by Crippen LogP contribution is 2.20. The Balaban J connectivity index is 2.15. The van der Waals surface area contributed by atoms with Gasteiger partial charge in [-0.2, -0.15) is 0 Å². The molecule has 0 aliphatic heterocycles. The average Bonchev–Trinajstić information content (AvgIpc) is 2.55. The molecule has 0 fully saturated rings. The number of anilines is 1. The number of nitrogens with one attached hydrogen (secondary N) is 1. The van der Waals surface area contributed by atoms with Crippen molar-refractivity contribution in [2.75, 3.05) is 26.5 Å². The third-order valence-corrected chi connectivity index (χ3v) is 5.25. The molecule has 7 heteroatoms. The Morgan fingerprint density at radius 1 is 1.12 bits per heavy atom. The van der Waals surface area contributed by atoms with Crippen LogP contribution in [0.25, 0.3) is 0 Å². The lowest BCUT2D eigenvalue weighted by Gasteiger charge is -2.13. The first kappa shape index (κ1) is 18.0. The van der Waals surface area contributed by atoms with Crippen LogP contribution in [-0.2, 0) is 21.2 Å². The Kier molecular flexibility index (Phi) is 5.58. The molecule has 0 aliphatic carbocycles. The SMILES string of the molecule is COc1ccccc1CC(=O)Nc1cccc(S(=O)(=O)N(C)C)c1.